The molecule has 0 amide bonds. The molecule has 2 rings (SSSR count). The van der Waals surface area contributed by atoms with Crippen LogP contribution in [-0.2, 0) is 0 Å². The minimum atomic E-state index is 0.410. The molecule has 0 aliphatic heterocycles. The van der Waals surface area contributed by atoms with Gasteiger partial charge in [0.15, 0.2) is 5.13 Å². The van der Waals surface area contributed by atoms with Gasteiger partial charge in [0.2, 0.25) is 0 Å². The SMILES string of the molecule is CC(C)Nc1nc2ccc(N)cc2s1. The summed E-state index contributed by atoms with van der Waals surface area (Å²) in [6.07, 6.45) is 0. The van der Waals surface area contributed by atoms with Gasteiger partial charge in [0.1, 0.15) is 0 Å². The maximum absolute atomic E-state index is 5.69. The number of nitrogens with zero attached hydrogens (tertiary/aromatic N) is 1. The van der Waals surface area contributed by atoms with Gasteiger partial charge in [-0.15, -0.1) is 0 Å². The first-order valence-corrected chi connectivity index (χ1v) is 5.39. The predicted molar refractivity (Wildman–Crippen MR) is 62.8 cm³/mol. The molecule has 0 aliphatic carbocycles. The average Bonchev–Trinajstić information content (AvgIpc) is 2.44. The van der Waals surface area contributed by atoms with Crippen LogP contribution in [0.25, 0.3) is 10.2 Å². The number of nitrogens with two attached hydrogens (primary N) is 1. The fraction of sp³-hybridized carbons (Fsp3) is 0.300. The first-order valence-electron chi connectivity index (χ1n) is 4.58. The van der Waals surface area contributed by atoms with Crippen LogP contribution in [0.3, 0.4) is 0 Å². The normalized spacial score (nSPS) is 11.1. The Balaban J connectivity index is 2.41. The Hall–Kier alpha value is -1.29. The number of fused-ring (bicyclic) bond motifs is 1. The summed E-state index contributed by atoms with van der Waals surface area (Å²) in [6.45, 7) is 4.20. The van der Waals surface area contributed by atoms with Crippen molar-refractivity contribution in [3.8, 4) is 0 Å². The van der Waals surface area contributed by atoms with E-state index in [9.17, 15) is 0 Å². The molecule has 0 aliphatic rings. The summed E-state index contributed by atoms with van der Waals surface area (Å²) >= 11 is 1.64. The molecular weight excluding hydrogens is 194 g/mol. The van der Waals surface area contributed by atoms with Crippen molar-refractivity contribution in [1.29, 1.82) is 0 Å². The van der Waals surface area contributed by atoms with Gasteiger partial charge in [-0.05, 0) is 32.0 Å². The van der Waals surface area contributed by atoms with Crippen molar-refractivity contribution in [2.75, 3.05) is 11.1 Å². The molecule has 14 heavy (non-hydrogen) atoms. The number of nitrogens with one attached hydrogen (secondary N) is 1. The molecule has 1 aromatic carbocycles. The van der Waals surface area contributed by atoms with Crippen LogP contribution in [0.15, 0.2) is 18.2 Å². The number of thiazole rings is 1. The molecule has 0 atom stereocenters. The van der Waals surface area contributed by atoms with E-state index in [-0.39, 0.29) is 0 Å². The van der Waals surface area contributed by atoms with Gasteiger partial charge in [-0.1, -0.05) is 11.3 Å². The van der Waals surface area contributed by atoms with E-state index in [2.05, 4.69) is 24.1 Å². The number of hydrogen-bond acceptors (Lipinski definition) is 4. The van der Waals surface area contributed by atoms with Crippen LogP contribution >= 0.6 is 11.3 Å². The third kappa shape index (κ3) is 1.80. The standard InChI is InChI=1S/C10H13N3S/c1-6(2)12-10-13-8-4-3-7(11)5-9(8)14-10/h3-6H,11H2,1-2H3,(H,12,13). The van der Waals surface area contributed by atoms with Crippen LogP contribution in [-0.4, -0.2) is 11.0 Å². The lowest BCUT2D eigenvalue weighted by molar-refractivity contribution is 0.897. The molecule has 1 aromatic heterocycles. The zero-order valence-electron chi connectivity index (χ0n) is 8.24. The van der Waals surface area contributed by atoms with Crippen molar-refractivity contribution in [3.05, 3.63) is 18.2 Å². The maximum atomic E-state index is 5.69. The molecular formula is C10H13N3S. The van der Waals surface area contributed by atoms with Gasteiger partial charge < -0.3 is 11.1 Å². The zero-order valence-corrected chi connectivity index (χ0v) is 9.06. The number of aromatic nitrogens is 1. The van der Waals surface area contributed by atoms with Crippen LogP contribution in [0, 0.1) is 0 Å². The molecule has 0 radical (unpaired) electrons. The molecule has 1 heterocycles. The monoisotopic (exact) mass is 207 g/mol. The molecule has 0 bridgehead atoms. The lowest BCUT2D eigenvalue weighted by atomic mass is 10.3. The second kappa shape index (κ2) is 3.46. The third-order valence-electron chi connectivity index (χ3n) is 1.82. The predicted octanol–water partition coefficient (Wildman–Crippen LogP) is 2.70. The maximum Gasteiger partial charge on any atom is 0.183 e. The summed E-state index contributed by atoms with van der Waals surface area (Å²) in [7, 11) is 0. The van der Waals surface area contributed by atoms with Crippen LogP contribution in [0.4, 0.5) is 10.8 Å². The smallest absolute Gasteiger partial charge is 0.183 e. The highest BCUT2D eigenvalue weighted by Crippen LogP contribution is 2.27. The van der Waals surface area contributed by atoms with Gasteiger partial charge in [-0.25, -0.2) is 4.98 Å². The highest BCUT2D eigenvalue weighted by Gasteiger charge is 2.04. The van der Waals surface area contributed by atoms with Crippen molar-refractivity contribution < 1.29 is 0 Å². The van der Waals surface area contributed by atoms with Gasteiger partial charge in [0.25, 0.3) is 0 Å². The minimum Gasteiger partial charge on any atom is -0.399 e. The van der Waals surface area contributed by atoms with Crippen molar-refractivity contribution in [3.63, 3.8) is 0 Å². The third-order valence-corrected chi connectivity index (χ3v) is 2.77. The van der Waals surface area contributed by atoms with Gasteiger partial charge in [0, 0.05) is 11.7 Å². The van der Waals surface area contributed by atoms with E-state index < -0.39 is 0 Å². The Labute approximate surface area is 87.0 Å². The van der Waals surface area contributed by atoms with Crippen molar-refractivity contribution in [1.82, 2.24) is 4.98 Å². The largest absolute Gasteiger partial charge is 0.399 e. The molecule has 0 unspecified atom stereocenters. The minimum absolute atomic E-state index is 0.410. The molecule has 0 saturated carbocycles. The first-order chi connectivity index (χ1) is 6.65. The number of rotatable bonds is 2. The van der Waals surface area contributed by atoms with Crippen LogP contribution < -0.4 is 11.1 Å². The van der Waals surface area contributed by atoms with E-state index in [4.69, 9.17) is 5.73 Å². The van der Waals surface area contributed by atoms with Crippen LogP contribution in [0.2, 0.25) is 0 Å². The quantitative estimate of drug-likeness (QED) is 0.744. The Morgan fingerprint density at radius 2 is 2.21 bits per heavy atom. The van der Waals surface area contributed by atoms with Crippen LogP contribution in [0.5, 0.6) is 0 Å². The lowest BCUT2D eigenvalue weighted by Crippen LogP contribution is -2.08. The number of benzene rings is 1. The van der Waals surface area contributed by atoms with Crippen molar-refractivity contribution in [2.24, 2.45) is 0 Å². The lowest BCUT2D eigenvalue weighted by Gasteiger charge is -2.03. The van der Waals surface area contributed by atoms with Crippen molar-refractivity contribution in [2.45, 2.75) is 19.9 Å². The van der Waals surface area contributed by atoms with Gasteiger partial charge >= 0.3 is 0 Å². The van der Waals surface area contributed by atoms with Crippen LogP contribution in [0.1, 0.15) is 13.8 Å². The fourth-order valence-electron chi connectivity index (χ4n) is 1.25. The van der Waals surface area contributed by atoms with Gasteiger partial charge in [-0.2, -0.15) is 0 Å². The second-order valence-corrected chi connectivity index (χ2v) is 4.58. The average molecular weight is 207 g/mol. The van der Waals surface area contributed by atoms with E-state index in [1.165, 1.54) is 0 Å². The first kappa shape index (κ1) is 9.27. The van der Waals surface area contributed by atoms with Gasteiger partial charge in [-0.3, -0.25) is 0 Å². The Morgan fingerprint density at radius 3 is 2.93 bits per heavy atom. The van der Waals surface area contributed by atoms with Crippen molar-refractivity contribution >= 4 is 32.4 Å². The number of nitrogen functional groups attached to an aromatic ring is 1. The Morgan fingerprint density at radius 1 is 1.43 bits per heavy atom. The van der Waals surface area contributed by atoms with E-state index >= 15 is 0 Å². The summed E-state index contributed by atoms with van der Waals surface area (Å²) in [6, 6.07) is 6.19. The summed E-state index contributed by atoms with van der Waals surface area (Å²) in [4.78, 5) is 4.45. The summed E-state index contributed by atoms with van der Waals surface area (Å²) < 4.78 is 1.13. The molecule has 0 spiro atoms. The Bertz CT molecular complexity index is 448. The summed E-state index contributed by atoms with van der Waals surface area (Å²) in [5.41, 5.74) is 7.49. The molecule has 74 valence electrons. The van der Waals surface area contributed by atoms with E-state index in [0.29, 0.717) is 6.04 Å². The molecule has 3 N–H and O–H groups in total. The fourth-order valence-corrected chi connectivity index (χ4v) is 2.31. The second-order valence-electron chi connectivity index (χ2n) is 3.55. The Kier molecular flexibility index (Phi) is 2.29. The topological polar surface area (TPSA) is 50.9 Å². The number of anilines is 2. The van der Waals surface area contributed by atoms with Gasteiger partial charge in [0.05, 0.1) is 10.2 Å². The van der Waals surface area contributed by atoms with E-state index in [0.717, 1.165) is 21.0 Å². The summed E-state index contributed by atoms with van der Waals surface area (Å²) in [5.74, 6) is 0. The molecule has 2 aromatic rings. The molecule has 0 fully saturated rings. The zero-order chi connectivity index (χ0) is 10.1. The summed E-state index contributed by atoms with van der Waals surface area (Å²) in [5, 5.41) is 4.24. The highest BCUT2D eigenvalue weighted by molar-refractivity contribution is 7.22. The van der Waals surface area contributed by atoms with E-state index in [1.807, 2.05) is 18.2 Å². The highest BCUT2D eigenvalue weighted by atomic mass is 32.1. The molecule has 3 nitrogen and oxygen atoms in total. The number of hydrogen-bond donors (Lipinski definition) is 2. The van der Waals surface area contributed by atoms with E-state index in [1.54, 1.807) is 11.3 Å². The molecule has 0 saturated heterocycles. The molecule has 4 heteroatoms.